The molecule has 2 aromatic carbocycles. The van der Waals surface area contributed by atoms with Crippen molar-refractivity contribution in [3.8, 4) is 17.1 Å². The SMILES string of the molecule is CC(C)(C)OC(=O)N1CC(c2nc(-c3ccc(OCCCc4ccccc4)c(C(F)(F)F)c3)no2)C1. The molecular weight excluding hydrogens is 475 g/mol. The van der Waals surface area contributed by atoms with E-state index in [2.05, 4.69) is 10.1 Å². The van der Waals surface area contributed by atoms with Crippen molar-refractivity contribution in [3.63, 3.8) is 0 Å². The van der Waals surface area contributed by atoms with Crippen molar-refractivity contribution in [3.05, 3.63) is 65.5 Å². The fraction of sp³-hybridized carbons (Fsp3) is 0.423. The van der Waals surface area contributed by atoms with Gasteiger partial charge < -0.3 is 18.9 Å². The number of halogens is 3. The molecular formula is C26H28F3N3O4. The van der Waals surface area contributed by atoms with E-state index < -0.39 is 23.4 Å². The number of aromatic nitrogens is 2. The van der Waals surface area contributed by atoms with Crippen LogP contribution in [0.3, 0.4) is 0 Å². The zero-order valence-electron chi connectivity index (χ0n) is 20.3. The molecule has 3 aromatic rings. The maximum absolute atomic E-state index is 13.8. The zero-order chi connectivity index (χ0) is 25.9. The largest absolute Gasteiger partial charge is 0.493 e. The van der Waals surface area contributed by atoms with Gasteiger partial charge >= 0.3 is 12.3 Å². The number of benzene rings is 2. The van der Waals surface area contributed by atoms with Gasteiger partial charge in [-0.3, -0.25) is 0 Å². The highest BCUT2D eigenvalue weighted by molar-refractivity contribution is 5.69. The van der Waals surface area contributed by atoms with E-state index in [4.69, 9.17) is 14.0 Å². The van der Waals surface area contributed by atoms with Gasteiger partial charge in [-0.1, -0.05) is 35.5 Å². The van der Waals surface area contributed by atoms with E-state index in [9.17, 15) is 18.0 Å². The Morgan fingerprint density at radius 2 is 1.83 bits per heavy atom. The van der Waals surface area contributed by atoms with Crippen molar-refractivity contribution in [2.75, 3.05) is 19.7 Å². The van der Waals surface area contributed by atoms with Crippen LogP contribution < -0.4 is 4.74 Å². The van der Waals surface area contributed by atoms with Gasteiger partial charge in [0.15, 0.2) is 0 Å². The highest BCUT2D eigenvalue weighted by Gasteiger charge is 2.38. The summed E-state index contributed by atoms with van der Waals surface area (Å²) in [7, 11) is 0. The van der Waals surface area contributed by atoms with Crippen LogP contribution in [0.15, 0.2) is 53.1 Å². The number of hydrogen-bond donors (Lipinski definition) is 0. The molecule has 1 amide bonds. The molecule has 0 N–H and O–H groups in total. The number of carbonyl (C=O) groups excluding carboxylic acids is 1. The molecule has 192 valence electrons. The van der Waals surface area contributed by atoms with Gasteiger partial charge in [0.2, 0.25) is 11.7 Å². The van der Waals surface area contributed by atoms with Gasteiger partial charge in [-0.15, -0.1) is 0 Å². The number of rotatable bonds is 7. The van der Waals surface area contributed by atoms with Crippen LogP contribution in [0, 0.1) is 0 Å². The molecule has 0 aliphatic carbocycles. The number of ether oxygens (including phenoxy) is 2. The predicted octanol–water partition coefficient (Wildman–Crippen LogP) is 6.10. The first-order chi connectivity index (χ1) is 17.0. The van der Waals surface area contributed by atoms with Crippen LogP contribution in [-0.4, -0.2) is 46.4 Å². The fourth-order valence-electron chi connectivity index (χ4n) is 3.75. The average Bonchev–Trinajstić information content (AvgIpc) is 3.24. The van der Waals surface area contributed by atoms with Gasteiger partial charge in [-0.2, -0.15) is 18.2 Å². The van der Waals surface area contributed by atoms with Crippen LogP contribution in [0.4, 0.5) is 18.0 Å². The number of nitrogens with zero attached hydrogens (tertiary/aromatic N) is 3. The van der Waals surface area contributed by atoms with Crippen molar-refractivity contribution in [2.45, 2.75) is 51.3 Å². The van der Waals surface area contributed by atoms with Crippen LogP contribution in [0.25, 0.3) is 11.4 Å². The van der Waals surface area contributed by atoms with Gasteiger partial charge in [-0.25, -0.2) is 4.79 Å². The zero-order valence-corrected chi connectivity index (χ0v) is 20.3. The Bertz CT molecular complexity index is 1180. The molecule has 1 saturated heterocycles. The lowest BCUT2D eigenvalue weighted by molar-refractivity contribution is -0.138. The summed E-state index contributed by atoms with van der Waals surface area (Å²) in [6.07, 6.45) is -3.76. The molecule has 0 unspecified atom stereocenters. The summed E-state index contributed by atoms with van der Waals surface area (Å²) in [5.41, 5.74) is -0.238. The summed E-state index contributed by atoms with van der Waals surface area (Å²) >= 11 is 0. The van der Waals surface area contributed by atoms with E-state index in [1.807, 2.05) is 30.3 Å². The van der Waals surface area contributed by atoms with Crippen molar-refractivity contribution in [1.82, 2.24) is 15.0 Å². The van der Waals surface area contributed by atoms with E-state index in [0.29, 0.717) is 25.9 Å². The number of alkyl halides is 3. The summed E-state index contributed by atoms with van der Waals surface area (Å²) in [4.78, 5) is 17.9. The Morgan fingerprint density at radius 3 is 2.50 bits per heavy atom. The Hall–Kier alpha value is -3.56. The third-order valence-electron chi connectivity index (χ3n) is 5.58. The molecule has 1 aliphatic heterocycles. The van der Waals surface area contributed by atoms with E-state index >= 15 is 0 Å². The monoisotopic (exact) mass is 503 g/mol. The van der Waals surface area contributed by atoms with Crippen molar-refractivity contribution < 1.29 is 32.0 Å². The fourth-order valence-corrected chi connectivity index (χ4v) is 3.75. The molecule has 1 fully saturated rings. The summed E-state index contributed by atoms with van der Waals surface area (Å²) in [5, 5.41) is 3.85. The minimum atomic E-state index is -4.61. The third kappa shape index (κ3) is 6.35. The van der Waals surface area contributed by atoms with Gasteiger partial charge in [0.1, 0.15) is 11.4 Å². The third-order valence-corrected chi connectivity index (χ3v) is 5.58. The van der Waals surface area contributed by atoms with E-state index in [-0.39, 0.29) is 35.6 Å². The lowest BCUT2D eigenvalue weighted by Crippen LogP contribution is -2.50. The Balaban J connectivity index is 1.39. The Kier molecular flexibility index (Phi) is 7.23. The van der Waals surface area contributed by atoms with Crippen molar-refractivity contribution >= 4 is 6.09 Å². The van der Waals surface area contributed by atoms with E-state index in [0.717, 1.165) is 11.6 Å². The maximum Gasteiger partial charge on any atom is 0.419 e. The second-order valence-electron chi connectivity index (χ2n) is 9.68. The van der Waals surface area contributed by atoms with Gasteiger partial charge in [0.25, 0.3) is 0 Å². The molecule has 2 heterocycles. The molecule has 0 spiro atoms. The molecule has 0 saturated carbocycles. The number of aryl methyl sites for hydroxylation is 1. The number of likely N-dealkylation sites (tertiary alicyclic amines) is 1. The summed E-state index contributed by atoms with van der Waals surface area (Å²) < 4.78 is 57.3. The standard InChI is InChI=1S/C26H28F3N3O4/c1-25(2,3)35-24(33)32-15-19(16-32)23-30-22(31-36-23)18-11-12-21(20(14-18)26(27,28)29)34-13-7-10-17-8-5-4-6-9-17/h4-6,8-9,11-12,14,19H,7,10,13,15-16H2,1-3H3. The molecule has 36 heavy (non-hydrogen) atoms. The normalized spacial score (nSPS) is 14.4. The van der Waals surface area contributed by atoms with Crippen LogP contribution in [0.5, 0.6) is 5.75 Å². The van der Waals surface area contributed by atoms with Crippen LogP contribution >= 0.6 is 0 Å². The Labute approximate surface area is 207 Å². The molecule has 0 bridgehead atoms. The smallest absolute Gasteiger partial charge is 0.419 e. The topological polar surface area (TPSA) is 77.7 Å². The first-order valence-electron chi connectivity index (χ1n) is 11.7. The number of carbonyl (C=O) groups is 1. The molecule has 7 nitrogen and oxygen atoms in total. The van der Waals surface area contributed by atoms with Crippen LogP contribution in [0.2, 0.25) is 0 Å². The van der Waals surface area contributed by atoms with Gasteiger partial charge in [-0.05, 0) is 57.4 Å². The first-order valence-corrected chi connectivity index (χ1v) is 11.7. The lowest BCUT2D eigenvalue weighted by atomic mass is 10.0. The van der Waals surface area contributed by atoms with E-state index in [1.54, 1.807) is 20.8 Å². The molecule has 0 radical (unpaired) electrons. The maximum atomic E-state index is 13.8. The predicted molar refractivity (Wildman–Crippen MR) is 126 cm³/mol. The molecule has 1 aromatic heterocycles. The molecule has 10 heteroatoms. The Morgan fingerprint density at radius 1 is 1.11 bits per heavy atom. The second-order valence-corrected chi connectivity index (χ2v) is 9.68. The lowest BCUT2D eigenvalue weighted by Gasteiger charge is -2.37. The molecule has 0 atom stereocenters. The molecule has 1 aliphatic rings. The minimum absolute atomic E-state index is 0.0434. The first kappa shape index (κ1) is 25.5. The highest BCUT2D eigenvalue weighted by Crippen LogP contribution is 2.39. The van der Waals surface area contributed by atoms with E-state index in [1.165, 1.54) is 17.0 Å². The number of hydrogen-bond acceptors (Lipinski definition) is 6. The van der Waals surface area contributed by atoms with Crippen LogP contribution in [-0.2, 0) is 17.3 Å². The van der Waals surface area contributed by atoms with Crippen LogP contribution in [0.1, 0.15) is 50.1 Å². The highest BCUT2D eigenvalue weighted by atomic mass is 19.4. The van der Waals surface area contributed by atoms with Gasteiger partial charge in [0.05, 0.1) is 18.1 Å². The number of amides is 1. The van der Waals surface area contributed by atoms with Gasteiger partial charge in [0, 0.05) is 18.7 Å². The van der Waals surface area contributed by atoms with Crippen molar-refractivity contribution in [2.24, 2.45) is 0 Å². The molecule has 4 rings (SSSR count). The minimum Gasteiger partial charge on any atom is -0.493 e. The summed E-state index contributed by atoms with van der Waals surface area (Å²) in [6, 6.07) is 13.4. The summed E-state index contributed by atoms with van der Waals surface area (Å²) in [5.74, 6) is -0.135. The second kappa shape index (κ2) is 10.2. The summed E-state index contributed by atoms with van der Waals surface area (Å²) in [6.45, 7) is 6.16. The van der Waals surface area contributed by atoms with Crippen molar-refractivity contribution in [1.29, 1.82) is 0 Å². The quantitative estimate of drug-likeness (QED) is 0.363. The average molecular weight is 504 g/mol.